The minimum atomic E-state index is 0.0271. The minimum Gasteiger partial charge on any atom is -0.493 e. The lowest BCUT2D eigenvalue weighted by molar-refractivity contribution is 0.357. The zero-order valence-corrected chi connectivity index (χ0v) is 12.9. The Morgan fingerprint density at radius 2 is 2.37 bits per heavy atom. The van der Waals surface area contributed by atoms with E-state index in [0.29, 0.717) is 11.6 Å². The first-order chi connectivity index (χ1) is 9.08. The van der Waals surface area contributed by atoms with Crippen LogP contribution >= 0.6 is 36.2 Å². The van der Waals surface area contributed by atoms with Gasteiger partial charge in [-0.1, -0.05) is 11.6 Å². The molecule has 0 saturated carbocycles. The highest BCUT2D eigenvalue weighted by molar-refractivity contribution is 8.02. The van der Waals surface area contributed by atoms with Gasteiger partial charge in [-0.25, -0.2) is 4.31 Å². The number of fused-ring (bicyclic) bond motifs is 1. The zero-order valence-electron chi connectivity index (χ0n) is 10.4. The summed E-state index contributed by atoms with van der Waals surface area (Å²) in [4.78, 5) is 0. The summed E-state index contributed by atoms with van der Waals surface area (Å²) in [6.07, 6.45) is 0.878. The van der Waals surface area contributed by atoms with Gasteiger partial charge in [-0.3, -0.25) is 0 Å². The van der Waals surface area contributed by atoms with Crippen molar-refractivity contribution in [1.29, 1.82) is 0 Å². The first kappa shape index (κ1) is 13.5. The molecule has 101 valence electrons. The quantitative estimate of drug-likeness (QED) is 0.644. The van der Waals surface area contributed by atoms with Crippen LogP contribution in [-0.2, 0) is 6.42 Å². The molecule has 0 spiro atoms. The molecule has 3 nitrogen and oxygen atoms in total. The maximum atomic E-state index is 6.30. The van der Waals surface area contributed by atoms with E-state index in [1.165, 1.54) is 0 Å². The number of likely N-dealkylation sites (N-methyl/N-ethyl adjacent to an activating group) is 1. The normalized spacial score (nSPS) is 22.6. The highest BCUT2D eigenvalue weighted by Crippen LogP contribution is 2.42. The van der Waals surface area contributed by atoms with Gasteiger partial charge in [0.05, 0.1) is 27.7 Å². The van der Waals surface area contributed by atoms with Crippen molar-refractivity contribution in [2.24, 2.45) is 0 Å². The van der Waals surface area contributed by atoms with E-state index >= 15 is 0 Å². The van der Waals surface area contributed by atoms with E-state index in [2.05, 4.69) is 24.9 Å². The molecule has 0 bridgehead atoms. The van der Waals surface area contributed by atoms with Gasteiger partial charge < -0.3 is 10.1 Å². The van der Waals surface area contributed by atoms with Gasteiger partial charge in [0.25, 0.3) is 0 Å². The molecule has 6 heteroatoms. The number of rotatable bonds is 2. The largest absolute Gasteiger partial charge is 0.493 e. The number of ether oxygens (including phenoxy) is 1. The number of nitrogens with one attached hydrogen (secondary N) is 1. The Morgan fingerprint density at radius 1 is 1.58 bits per heavy atom. The number of nitrogens with zero attached hydrogens (tertiary/aromatic N) is 1. The van der Waals surface area contributed by atoms with Crippen LogP contribution in [-0.4, -0.2) is 23.3 Å². The van der Waals surface area contributed by atoms with Gasteiger partial charge in [0.15, 0.2) is 0 Å². The lowest BCUT2D eigenvalue weighted by Crippen LogP contribution is -2.15. The number of thiol groups is 1. The number of hydrogen-bond acceptors (Lipinski definition) is 5. The summed E-state index contributed by atoms with van der Waals surface area (Å²) in [6, 6.07) is 3.78. The van der Waals surface area contributed by atoms with Crippen molar-refractivity contribution in [3.05, 3.63) is 40.2 Å². The van der Waals surface area contributed by atoms with Crippen LogP contribution in [0.2, 0.25) is 5.02 Å². The summed E-state index contributed by atoms with van der Waals surface area (Å²) < 4.78 is 7.61. The van der Waals surface area contributed by atoms with Crippen LogP contribution in [0.25, 0.3) is 0 Å². The maximum Gasteiger partial charge on any atom is 0.124 e. The Hall–Kier alpha value is -0.490. The van der Waals surface area contributed by atoms with Crippen molar-refractivity contribution < 1.29 is 4.74 Å². The Morgan fingerprint density at radius 3 is 3.05 bits per heavy atom. The Labute approximate surface area is 127 Å². The molecule has 0 saturated heterocycles. The average molecular weight is 314 g/mol. The van der Waals surface area contributed by atoms with Crippen molar-refractivity contribution in [1.82, 2.24) is 4.31 Å². The standard InChI is InChI=1S/C13H14ClN2OS2/c1-7-12(19-16(2)13(7)18)15-11-8-5-6-17-10(8)4-3-9(11)14/h3-4,13,15,18H,1,5-6H2,2H3. The smallest absolute Gasteiger partial charge is 0.124 e. The van der Waals surface area contributed by atoms with Gasteiger partial charge >= 0.3 is 0 Å². The predicted molar refractivity (Wildman–Crippen MR) is 84.8 cm³/mol. The number of anilines is 1. The first-order valence-corrected chi connectivity index (χ1v) is 7.61. The van der Waals surface area contributed by atoms with Gasteiger partial charge in [0.2, 0.25) is 0 Å². The highest BCUT2D eigenvalue weighted by Gasteiger charge is 2.27. The van der Waals surface area contributed by atoms with Gasteiger partial charge in [0, 0.05) is 12.0 Å². The second-order valence-electron chi connectivity index (χ2n) is 4.49. The van der Waals surface area contributed by atoms with Crippen molar-refractivity contribution in [2.45, 2.75) is 11.8 Å². The fraction of sp³-hybridized carbons (Fsp3) is 0.308. The molecule has 2 aliphatic heterocycles. The second kappa shape index (κ2) is 5.13. The summed E-state index contributed by atoms with van der Waals surface area (Å²) in [7, 11) is 1.99. The van der Waals surface area contributed by atoms with Crippen LogP contribution in [0.5, 0.6) is 5.75 Å². The summed E-state index contributed by atoms with van der Waals surface area (Å²) in [5.41, 5.74) is 3.03. The first-order valence-electron chi connectivity index (χ1n) is 5.94. The molecule has 1 radical (unpaired) electrons. The molecule has 2 heterocycles. The van der Waals surface area contributed by atoms with Crippen LogP contribution in [0.15, 0.2) is 22.7 Å². The van der Waals surface area contributed by atoms with Gasteiger partial charge in [0.1, 0.15) is 5.75 Å². The van der Waals surface area contributed by atoms with E-state index in [1.807, 2.05) is 23.5 Å². The second-order valence-corrected chi connectivity index (χ2v) is 6.55. The molecule has 0 aliphatic carbocycles. The van der Waals surface area contributed by atoms with Crippen LogP contribution in [0, 0.1) is 6.92 Å². The minimum absolute atomic E-state index is 0.0271. The monoisotopic (exact) mass is 313 g/mol. The third-order valence-electron chi connectivity index (χ3n) is 3.25. The molecule has 0 aromatic heterocycles. The van der Waals surface area contributed by atoms with E-state index < -0.39 is 0 Å². The molecule has 1 atom stereocenters. The Bertz CT molecular complexity index is 562. The molecule has 1 aromatic rings. The van der Waals surface area contributed by atoms with Gasteiger partial charge in [-0.2, -0.15) is 12.6 Å². The lowest BCUT2D eigenvalue weighted by atomic mass is 10.1. The molecular weight excluding hydrogens is 300 g/mol. The van der Waals surface area contributed by atoms with Crippen LogP contribution in [0.4, 0.5) is 5.69 Å². The molecule has 3 rings (SSSR count). The van der Waals surface area contributed by atoms with E-state index in [4.69, 9.17) is 16.3 Å². The van der Waals surface area contributed by atoms with Crippen molar-refractivity contribution in [3.8, 4) is 5.75 Å². The molecule has 0 amide bonds. The van der Waals surface area contributed by atoms with Crippen LogP contribution < -0.4 is 10.1 Å². The lowest BCUT2D eigenvalue weighted by Gasteiger charge is -2.14. The third-order valence-corrected chi connectivity index (χ3v) is 5.43. The van der Waals surface area contributed by atoms with Gasteiger partial charge in [-0.15, -0.1) is 0 Å². The Balaban J connectivity index is 1.95. The Kier molecular flexibility index (Phi) is 3.64. The average Bonchev–Trinajstić information content (AvgIpc) is 2.95. The van der Waals surface area contributed by atoms with E-state index in [-0.39, 0.29) is 5.37 Å². The topological polar surface area (TPSA) is 24.5 Å². The molecule has 1 aromatic carbocycles. The molecule has 1 unspecified atom stereocenters. The number of benzene rings is 1. The van der Waals surface area contributed by atoms with Crippen molar-refractivity contribution >= 4 is 41.9 Å². The molecule has 0 fully saturated rings. The van der Waals surface area contributed by atoms with Crippen LogP contribution in [0.3, 0.4) is 0 Å². The van der Waals surface area contributed by atoms with Gasteiger partial charge in [-0.05, 0) is 43.6 Å². The van der Waals surface area contributed by atoms with E-state index in [9.17, 15) is 0 Å². The summed E-state index contributed by atoms with van der Waals surface area (Å²) in [5, 5.41) is 5.12. The third kappa shape index (κ3) is 2.33. The van der Waals surface area contributed by atoms with Crippen LogP contribution in [0.1, 0.15) is 5.56 Å². The predicted octanol–water partition coefficient (Wildman–Crippen LogP) is 3.58. The fourth-order valence-electron chi connectivity index (χ4n) is 2.19. The number of halogens is 1. The summed E-state index contributed by atoms with van der Waals surface area (Å²) in [5.74, 6) is 0.914. The molecular formula is C13H14ClN2OS2. The summed E-state index contributed by atoms with van der Waals surface area (Å²) >= 11 is 12.4. The van der Waals surface area contributed by atoms with E-state index in [1.54, 1.807) is 11.9 Å². The zero-order chi connectivity index (χ0) is 13.6. The highest BCUT2D eigenvalue weighted by atomic mass is 35.5. The molecule has 19 heavy (non-hydrogen) atoms. The summed E-state index contributed by atoms with van der Waals surface area (Å²) in [6.45, 7) is 4.78. The SMILES string of the molecule is [CH2]C1=C(Nc2c(Cl)ccc3c2CCO3)SN(C)C1S. The molecule has 2 aliphatic rings. The fourth-order valence-corrected chi connectivity index (χ4v) is 3.66. The van der Waals surface area contributed by atoms with Crippen molar-refractivity contribution in [2.75, 3.05) is 19.0 Å². The maximum absolute atomic E-state index is 6.30. The number of hydrogen-bond donors (Lipinski definition) is 2. The molecule has 1 N–H and O–H groups in total. The van der Waals surface area contributed by atoms with E-state index in [0.717, 1.165) is 34.0 Å². The van der Waals surface area contributed by atoms with Crippen molar-refractivity contribution in [3.63, 3.8) is 0 Å².